The maximum absolute atomic E-state index is 5.81. The molecule has 0 atom stereocenters. The second-order valence-corrected chi connectivity index (χ2v) is 5.84. The molecule has 0 saturated carbocycles. The zero-order valence-electron chi connectivity index (χ0n) is 12.5. The molecule has 0 aliphatic rings. The van der Waals surface area contributed by atoms with Crippen LogP contribution in [-0.2, 0) is 11.8 Å². The van der Waals surface area contributed by atoms with Crippen LogP contribution in [0.15, 0.2) is 30.6 Å². The SMILES string of the molecule is CCc1ccc(Oc2ncc(N)cn2)c(C(C)(C)C)c1. The smallest absolute Gasteiger partial charge is 0.322 e. The van der Waals surface area contributed by atoms with E-state index in [1.807, 2.05) is 6.07 Å². The summed E-state index contributed by atoms with van der Waals surface area (Å²) in [7, 11) is 0. The van der Waals surface area contributed by atoms with Crippen LogP contribution in [0.3, 0.4) is 0 Å². The quantitative estimate of drug-likeness (QED) is 0.924. The van der Waals surface area contributed by atoms with E-state index in [4.69, 9.17) is 10.5 Å². The van der Waals surface area contributed by atoms with Gasteiger partial charge in [0.15, 0.2) is 0 Å². The van der Waals surface area contributed by atoms with Crippen LogP contribution in [0.5, 0.6) is 11.8 Å². The van der Waals surface area contributed by atoms with E-state index in [-0.39, 0.29) is 5.41 Å². The summed E-state index contributed by atoms with van der Waals surface area (Å²) in [6, 6.07) is 6.56. The Morgan fingerprint density at radius 1 is 1.15 bits per heavy atom. The van der Waals surface area contributed by atoms with Crippen molar-refractivity contribution in [3.63, 3.8) is 0 Å². The predicted molar refractivity (Wildman–Crippen MR) is 81.0 cm³/mol. The molecule has 0 saturated heterocycles. The Labute approximate surface area is 120 Å². The number of nitrogens with two attached hydrogens (primary N) is 1. The van der Waals surface area contributed by atoms with Crippen LogP contribution in [0, 0.1) is 0 Å². The van der Waals surface area contributed by atoms with Crippen molar-refractivity contribution in [1.29, 1.82) is 0 Å². The second kappa shape index (κ2) is 5.49. The van der Waals surface area contributed by atoms with E-state index in [1.165, 1.54) is 5.56 Å². The Hall–Kier alpha value is -2.10. The molecule has 0 radical (unpaired) electrons. The fraction of sp³-hybridized carbons (Fsp3) is 0.375. The maximum atomic E-state index is 5.81. The molecule has 0 spiro atoms. The van der Waals surface area contributed by atoms with Crippen LogP contribution in [0.25, 0.3) is 0 Å². The average molecular weight is 271 g/mol. The Kier molecular flexibility index (Phi) is 3.93. The predicted octanol–water partition coefficient (Wildman–Crippen LogP) is 3.71. The van der Waals surface area contributed by atoms with Crippen molar-refractivity contribution in [2.75, 3.05) is 5.73 Å². The van der Waals surface area contributed by atoms with Gasteiger partial charge in [0.25, 0.3) is 0 Å². The first kappa shape index (κ1) is 14.3. The number of benzene rings is 1. The van der Waals surface area contributed by atoms with Crippen LogP contribution in [0.4, 0.5) is 5.69 Å². The molecule has 1 aromatic heterocycles. The summed E-state index contributed by atoms with van der Waals surface area (Å²) in [5.41, 5.74) is 8.54. The number of ether oxygens (including phenoxy) is 1. The van der Waals surface area contributed by atoms with Crippen molar-refractivity contribution >= 4 is 5.69 Å². The largest absolute Gasteiger partial charge is 0.424 e. The molecule has 0 aliphatic carbocycles. The number of hydrogen-bond acceptors (Lipinski definition) is 4. The van der Waals surface area contributed by atoms with E-state index in [9.17, 15) is 0 Å². The normalized spacial score (nSPS) is 11.4. The third kappa shape index (κ3) is 3.26. The van der Waals surface area contributed by atoms with E-state index in [1.54, 1.807) is 12.4 Å². The number of anilines is 1. The van der Waals surface area contributed by atoms with Gasteiger partial charge >= 0.3 is 6.01 Å². The first-order chi connectivity index (χ1) is 9.40. The van der Waals surface area contributed by atoms with E-state index in [2.05, 4.69) is 49.8 Å². The van der Waals surface area contributed by atoms with Crippen LogP contribution in [0.1, 0.15) is 38.8 Å². The minimum Gasteiger partial charge on any atom is -0.424 e. The Balaban J connectivity index is 2.38. The Bertz CT molecular complexity index is 586. The van der Waals surface area contributed by atoms with Crippen molar-refractivity contribution < 1.29 is 4.74 Å². The van der Waals surface area contributed by atoms with Crippen molar-refractivity contribution in [2.45, 2.75) is 39.5 Å². The topological polar surface area (TPSA) is 61.0 Å². The first-order valence-electron chi connectivity index (χ1n) is 6.79. The van der Waals surface area contributed by atoms with Crippen LogP contribution in [-0.4, -0.2) is 9.97 Å². The molecular formula is C16H21N3O. The third-order valence-electron chi connectivity index (χ3n) is 3.11. The van der Waals surface area contributed by atoms with Gasteiger partial charge in [0.05, 0.1) is 18.1 Å². The maximum Gasteiger partial charge on any atom is 0.322 e. The van der Waals surface area contributed by atoms with Crippen molar-refractivity contribution in [1.82, 2.24) is 9.97 Å². The molecule has 2 rings (SSSR count). The summed E-state index contributed by atoms with van der Waals surface area (Å²) < 4.78 is 5.81. The molecule has 1 heterocycles. The van der Waals surface area contributed by atoms with Gasteiger partial charge in [0.1, 0.15) is 5.75 Å². The summed E-state index contributed by atoms with van der Waals surface area (Å²) in [6.07, 6.45) is 4.08. The van der Waals surface area contributed by atoms with E-state index >= 15 is 0 Å². The van der Waals surface area contributed by atoms with Crippen LogP contribution in [0.2, 0.25) is 0 Å². The monoisotopic (exact) mass is 271 g/mol. The van der Waals surface area contributed by atoms with Crippen molar-refractivity contribution in [3.05, 3.63) is 41.7 Å². The highest BCUT2D eigenvalue weighted by atomic mass is 16.5. The van der Waals surface area contributed by atoms with Gasteiger partial charge in [-0.3, -0.25) is 0 Å². The average Bonchev–Trinajstić information content (AvgIpc) is 2.40. The number of hydrogen-bond donors (Lipinski definition) is 1. The van der Waals surface area contributed by atoms with E-state index in [0.717, 1.165) is 17.7 Å². The lowest BCUT2D eigenvalue weighted by atomic mass is 9.85. The molecule has 106 valence electrons. The van der Waals surface area contributed by atoms with Crippen LogP contribution >= 0.6 is 0 Å². The summed E-state index contributed by atoms with van der Waals surface area (Å²) in [4.78, 5) is 8.16. The molecular weight excluding hydrogens is 250 g/mol. The number of nitrogens with zero attached hydrogens (tertiary/aromatic N) is 2. The fourth-order valence-electron chi connectivity index (χ4n) is 1.95. The van der Waals surface area contributed by atoms with Crippen molar-refractivity contribution in [2.24, 2.45) is 0 Å². The van der Waals surface area contributed by atoms with E-state index < -0.39 is 0 Å². The van der Waals surface area contributed by atoms with Gasteiger partial charge in [0.2, 0.25) is 0 Å². The fourth-order valence-corrected chi connectivity index (χ4v) is 1.95. The highest BCUT2D eigenvalue weighted by molar-refractivity contribution is 5.43. The zero-order chi connectivity index (χ0) is 14.8. The summed E-state index contributed by atoms with van der Waals surface area (Å²) >= 11 is 0. The van der Waals surface area contributed by atoms with Gasteiger partial charge in [0, 0.05) is 5.56 Å². The number of nitrogen functional groups attached to an aromatic ring is 1. The molecule has 0 fully saturated rings. The zero-order valence-corrected chi connectivity index (χ0v) is 12.5. The highest BCUT2D eigenvalue weighted by Crippen LogP contribution is 2.34. The molecule has 0 aliphatic heterocycles. The lowest BCUT2D eigenvalue weighted by Crippen LogP contribution is -2.13. The number of rotatable bonds is 3. The lowest BCUT2D eigenvalue weighted by Gasteiger charge is -2.23. The Morgan fingerprint density at radius 3 is 2.35 bits per heavy atom. The molecule has 2 aromatic rings. The molecule has 20 heavy (non-hydrogen) atoms. The molecule has 4 nitrogen and oxygen atoms in total. The van der Waals surface area contributed by atoms with Gasteiger partial charge in [-0.1, -0.05) is 39.8 Å². The number of aromatic nitrogens is 2. The Morgan fingerprint density at radius 2 is 1.80 bits per heavy atom. The highest BCUT2D eigenvalue weighted by Gasteiger charge is 2.20. The molecule has 4 heteroatoms. The second-order valence-electron chi connectivity index (χ2n) is 5.84. The van der Waals surface area contributed by atoms with Gasteiger partial charge in [-0.25, -0.2) is 9.97 Å². The molecule has 2 N–H and O–H groups in total. The lowest BCUT2D eigenvalue weighted by molar-refractivity contribution is 0.422. The van der Waals surface area contributed by atoms with E-state index in [0.29, 0.717) is 11.7 Å². The van der Waals surface area contributed by atoms with Gasteiger partial charge in [-0.2, -0.15) is 0 Å². The summed E-state index contributed by atoms with van der Waals surface area (Å²) in [5.74, 6) is 0.791. The summed E-state index contributed by atoms with van der Waals surface area (Å²) in [5, 5.41) is 0. The molecule has 0 bridgehead atoms. The first-order valence-corrected chi connectivity index (χ1v) is 6.79. The van der Waals surface area contributed by atoms with Gasteiger partial charge in [-0.15, -0.1) is 0 Å². The third-order valence-corrected chi connectivity index (χ3v) is 3.11. The minimum atomic E-state index is -0.00563. The minimum absolute atomic E-state index is 0.00563. The molecule has 0 unspecified atom stereocenters. The molecule has 1 aromatic carbocycles. The standard InChI is InChI=1S/C16H21N3O/c1-5-11-6-7-14(13(8-11)16(2,3)4)20-15-18-9-12(17)10-19-15/h6-10H,5,17H2,1-4H3. The van der Waals surface area contributed by atoms with Gasteiger partial charge in [-0.05, 0) is 23.5 Å². The molecule has 0 amide bonds. The van der Waals surface area contributed by atoms with Crippen molar-refractivity contribution in [3.8, 4) is 11.8 Å². The van der Waals surface area contributed by atoms with Gasteiger partial charge < -0.3 is 10.5 Å². The number of aryl methyl sites for hydroxylation is 1. The summed E-state index contributed by atoms with van der Waals surface area (Å²) in [6.45, 7) is 8.64. The van der Waals surface area contributed by atoms with Crippen LogP contribution < -0.4 is 10.5 Å².